The van der Waals surface area contributed by atoms with E-state index in [9.17, 15) is 24.3 Å². The van der Waals surface area contributed by atoms with Gasteiger partial charge in [-0.15, -0.1) is 23.1 Å². The second-order valence-corrected chi connectivity index (χ2v) is 7.92. The molecule has 2 aliphatic rings. The maximum absolute atomic E-state index is 12.7. The number of rotatable bonds is 8. The molecule has 2 amide bonds. The number of thiazole rings is 1. The topological polar surface area (TPSA) is 185 Å². The zero-order chi connectivity index (χ0) is 22.0. The average molecular weight is 453 g/mol. The molecule has 1 aromatic rings. The van der Waals surface area contributed by atoms with Gasteiger partial charge >= 0.3 is 11.9 Å². The summed E-state index contributed by atoms with van der Waals surface area (Å²) in [5, 5.41) is 25.0. The molecule has 0 saturated carbocycles. The second-order valence-electron chi connectivity index (χ2n) is 5.92. The normalized spacial score (nSPS) is 20.9. The number of carbonyl (C=O) groups is 4. The first-order valence-corrected chi connectivity index (χ1v) is 10.1. The lowest BCUT2D eigenvalue weighted by Gasteiger charge is -2.49. The molecule has 1 unspecified atom stereocenters. The third-order valence-electron chi connectivity index (χ3n) is 4.06. The van der Waals surface area contributed by atoms with E-state index in [1.807, 2.05) is 0 Å². The number of aromatic nitrogens is 1. The molecule has 14 heteroatoms. The van der Waals surface area contributed by atoms with Crippen molar-refractivity contribution in [1.82, 2.24) is 15.2 Å². The van der Waals surface area contributed by atoms with Gasteiger partial charge in [0.2, 0.25) is 6.61 Å². The van der Waals surface area contributed by atoms with E-state index in [1.165, 1.54) is 23.2 Å². The van der Waals surface area contributed by atoms with Crippen LogP contribution in [0.4, 0.5) is 5.13 Å². The molecule has 3 heterocycles. The van der Waals surface area contributed by atoms with Crippen LogP contribution in [0.2, 0.25) is 0 Å². The summed E-state index contributed by atoms with van der Waals surface area (Å²) in [6.45, 7) is 2.77. The molecule has 0 aromatic carbocycles. The minimum atomic E-state index is -1.30. The smallest absolute Gasteiger partial charge is 0.352 e. The minimum absolute atomic E-state index is 0.0420. The van der Waals surface area contributed by atoms with Crippen LogP contribution >= 0.6 is 23.1 Å². The highest BCUT2D eigenvalue weighted by Crippen LogP contribution is 2.40. The van der Waals surface area contributed by atoms with Gasteiger partial charge in [0.25, 0.3) is 11.8 Å². The fourth-order valence-corrected chi connectivity index (χ4v) is 4.65. The van der Waals surface area contributed by atoms with Crippen molar-refractivity contribution in [3.8, 4) is 0 Å². The number of thioether (sulfide) groups is 1. The van der Waals surface area contributed by atoms with Crippen LogP contribution in [-0.4, -0.2) is 73.3 Å². The number of aliphatic carboxylic acids is 2. The van der Waals surface area contributed by atoms with Crippen molar-refractivity contribution in [2.45, 2.75) is 11.4 Å². The standard InChI is InChI=1S/C16H15N5O7S2/c1-2-6-4-29-14-10(13(25)21(14)11(6)15(26)27)19-12(24)9(20-28-3-8(22)23)7-5-30-16(17)18-7/h2,5,10,14H,1,3-4H2,(H2,17,18)(H,19,24)(H,22,23)(H,26,27)/t10?,14-/m1/s1. The summed E-state index contributed by atoms with van der Waals surface area (Å²) in [5.74, 6) is -3.72. The molecule has 5 N–H and O–H groups in total. The first-order chi connectivity index (χ1) is 14.2. The third-order valence-corrected chi connectivity index (χ3v) is 6.03. The number of nitrogen functional groups attached to an aromatic ring is 1. The van der Waals surface area contributed by atoms with Gasteiger partial charge < -0.3 is 26.1 Å². The van der Waals surface area contributed by atoms with E-state index in [0.29, 0.717) is 11.3 Å². The SMILES string of the molecule is C=CC1=C(C(=O)O)N2C(=O)C(NC(=O)C(=NOCC(=O)O)c3csc(N)n3)[C@H]2SC1. The quantitative estimate of drug-likeness (QED) is 0.226. The number of nitrogens with zero attached hydrogens (tertiary/aromatic N) is 3. The van der Waals surface area contributed by atoms with Gasteiger partial charge in [0, 0.05) is 11.1 Å². The van der Waals surface area contributed by atoms with Gasteiger partial charge in [-0.05, 0) is 5.57 Å². The highest BCUT2D eigenvalue weighted by molar-refractivity contribution is 8.00. The van der Waals surface area contributed by atoms with E-state index in [4.69, 9.17) is 10.8 Å². The summed E-state index contributed by atoms with van der Waals surface area (Å²) in [7, 11) is 0. The van der Waals surface area contributed by atoms with E-state index in [2.05, 4.69) is 26.9 Å². The van der Waals surface area contributed by atoms with Crippen molar-refractivity contribution in [1.29, 1.82) is 0 Å². The number of amides is 2. The molecule has 158 valence electrons. The number of fused-ring (bicyclic) bond motifs is 1. The van der Waals surface area contributed by atoms with Crippen LogP contribution in [-0.2, 0) is 24.0 Å². The summed E-state index contributed by atoms with van der Waals surface area (Å²) < 4.78 is 0. The molecule has 0 radical (unpaired) electrons. The van der Waals surface area contributed by atoms with E-state index in [-0.39, 0.29) is 22.2 Å². The lowest BCUT2D eigenvalue weighted by atomic mass is 10.0. The molecule has 2 aliphatic heterocycles. The Hall–Kier alpha value is -3.39. The third kappa shape index (κ3) is 3.99. The Morgan fingerprint density at radius 1 is 1.47 bits per heavy atom. The zero-order valence-corrected chi connectivity index (χ0v) is 16.7. The van der Waals surface area contributed by atoms with Crippen LogP contribution in [0, 0.1) is 0 Å². The van der Waals surface area contributed by atoms with Gasteiger partial charge in [0.15, 0.2) is 10.8 Å². The molecule has 1 fully saturated rings. The lowest BCUT2D eigenvalue weighted by Crippen LogP contribution is -2.71. The Balaban J connectivity index is 1.79. The molecule has 0 spiro atoms. The summed E-state index contributed by atoms with van der Waals surface area (Å²) in [5.41, 5.74) is 5.48. The number of nitrogens with one attached hydrogen (secondary N) is 1. The average Bonchev–Trinajstić information content (AvgIpc) is 3.13. The Kier molecular flexibility index (Phi) is 6.07. The molecule has 1 aromatic heterocycles. The monoisotopic (exact) mass is 453 g/mol. The van der Waals surface area contributed by atoms with Gasteiger partial charge in [-0.3, -0.25) is 14.5 Å². The van der Waals surface area contributed by atoms with Crippen LogP contribution in [0.1, 0.15) is 5.69 Å². The lowest BCUT2D eigenvalue weighted by molar-refractivity contribution is -0.150. The molecule has 0 aliphatic carbocycles. The van der Waals surface area contributed by atoms with Gasteiger partial charge in [0.1, 0.15) is 22.8 Å². The van der Waals surface area contributed by atoms with Crippen LogP contribution in [0.15, 0.2) is 34.5 Å². The number of carboxylic acid groups (broad SMARTS) is 2. The number of carbonyl (C=O) groups excluding carboxylic acids is 2. The Labute approximate surface area is 177 Å². The number of oxime groups is 1. The predicted octanol–water partition coefficient (Wildman–Crippen LogP) is -0.545. The maximum atomic E-state index is 12.7. The Morgan fingerprint density at radius 2 is 2.20 bits per heavy atom. The van der Waals surface area contributed by atoms with Crippen molar-refractivity contribution >= 4 is 57.7 Å². The van der Waals surface area contributed by atoms with Crippen molar-refractivity contribution in [3.05, 3.63) is 35.0 Å². The summed E-state index contributed by atoms with van der Waals surface area (Å²) in [6, 6.07) is -1.01. The van der Waals surface area contributed by atoms with Crippen LogP contribution in [0.5, 0.6) is 0 Å². The molecule has 1 saturated heterocycles. The maximum Gasteiger partial charge on any atom is 0.352 e. The molecule has 30 heavy (non-hydrogen) atoms. The van der Waals surface area contributed by atoms with Crippen molar-refractivity contribution in [2.75, 3.05) is 18.1 Å². The van der Waals surface area contributed by atoms with E-state index >= 15 is 0 Å². The number of carboxylic acids is 2. The molecular formula is C16H15N5O7S2. The largest absolute Gasteiger partial charge is 0.479 e. The minimum Gasteiger partial charge on any atom is -0.479 e. The number of allylic oxidation sites excluding steroid dienone is 1. The predicted molar refractivity (Wildman–Crippen MR) is 107 cm³/mol. The number of hydrogen-bond donors (Lipinski definition) is 4. The molecule has 3 rings (SSSR count). The summed E-state index contributed by atoms with van der Waals surface area (Å²) in [6.07, 6.45) is 1.38. The van der Waals surface area contributed by atoms with E-state index in [0.717, 1.165) is 16.2 Å². The fourth-order valence-electron chi connectivity index (χ4n) is 2.76. The van der Waals surface area contributed by atoms with Crippen molar-refractivity contribution in [3.63, 3.8) is 0 Å². The van der Waals surface area contributed by atoms with Crippen LogP contribution < -0.4 is 11.1 Å². The number of β-lactam (4-membered cyclic amide) rings is 1. The Morgan fingerprint density at radius 3 is 2.77 bits per heavy atom. The number of anilines is 1. The molecule has 2 atom stereocenters. The van der Waals surface area contributed by atoms with Crippen LogP contribution in [0.3, 0.4) is 0 Å². The van der Waals surface area contributed by atoms with Gasteiger partial charge in [-0.1, -0.05) is 17.8 Å². The zero-order valence-electron chi connectivity index (χ0n) is 15.1. The molecule has 0 bridgehead atoms. The highest BCUT2D eigenvalue weighted by Gasteiger charge is 2.54. The summed E-state index contributed by atoms with van der Waals surface area (Å²) >= 11 is 2.30. The second kappa shape index (κ2) is 8.54. The highest BCUT2D eigenvalue weighted by atomic mass is 32.2. The van der Waals surface area contributed by atoms with Crippen molar-refractivity contribution < 1.29 is 34.2 Å². The van der Waals surface area contributed by atoms with Gasteiger partial charge in [-0.25, -0.2) is 14.6 Å². The molecule has 12 nitrogen and oxygen atoms in total. The number of hydrogen-bond acceptors (Lipinski definition) is 10. The molecular weight excluding hydrogens is 438 g/mol. The fraction of sp³-hybridized carbons (Fsp3) is 0.250. The van der Waals surface area contributed by atoms with E-state index in [1.54, 1.807) is 0 Å². The van der Waals surface area contributed by atoms with Crippen molar-refractivity contribution in [2.24, 2.45) is 5.16 Å². The van der Waals surface area contributed by atoms with Gasteiger partial charge in [-0.2, -0.15) is 0 Å². The number of nitrogens with two attached hydrogens (primary N) is 1. The van der Waals surface area contributed by atoms with Gasteiger partial charge in [0.05, 0.1) is 0 Å². The van der Waals surface area contributed by atoms with Crippen LogP contribution in [0.25, 0.3) is 0 Å². The Bertz CT molecular complexity index is 1000. The first-order valence-electron chi connectivity index (χ1n) is 8.22. The summed E-state index contributed by atoms with van der Waals surface area (Å²) in [4.78, 5) is 57.1. The first kappa shape index (κ1) is 21.3. The van der Waals surface area contributed by atoms with E-state index < -0.39 is 41.8 Å².